The Labute approximate surface area is 86.7 Å². The predicted molar refractivity (Wildman–Crippen MR) is 57.8 cm³/mol. The van der Waals surface area contributed by atoms with Crippen molar-refractivity contribution in [3.63, 3.8) is 0 Å². The summed E-state index contributed by atoms with van der Waals surface area (Å²) in [5, 5.41) is 9.09. The van der Waals surface area contributed by atoms with E-state index in [1.165, 1.54) is 32.1 Å². The van der Waals surface area contributed by atoms with Gasteiger partial charge in [0.1, 0.15) is 6.10 Å². The quantitative estimate of drug-likeness (QED) is 0.560. The number of aliphatic hydroxyl groups excluding tert-OH is 1. The molecule has 0 aromatic heterocycles. The third-order valence-electron chi connectivity index (χ3n) is 2.41. The fourth-order valence-electron chi connectivity index (χ4n) is 1.44. The Kier molecular flexibility index (Phi) is 8.64. The Morgan fingerprint density at radius 1 is 1.14 bits per heavy atom. The summed E-state index contributed by atoms with van der Waals surface area (Å²) in [6, 6.07) is 0. The molecule has 3 N–H and O–H groups in total. The molecule has 0 aliphatic carbocycles. The minimum absolute atomic E-state index is 0.517. The first-order chi connectivity index (χ1) is 6.68. The Morgan fingerprint density at radius 2 is 1.64 bits per heavy atom. The molecule has 0 spiro atoms. The maximum Gasteiger partial charge on any atom is 0.246 e. The topological polar surface area (TPSA) is 63.3 Å². The average molecular weight is 201 g/mol. The van der Waals surface area contributed by atoms with Crippen molar-refractivity contribution in [2.24, 2.45) is 5.73 Å². The lowest BCUT2D eigenvalue weighted by Gasteiger charge is -2.05. The highest BCUT2D eigenvalue weighted by atomic mass is 16.3. The van der Waals surface area contributed by atoms with E-state index in [1.54, 1.807) is 0 Å². The average Bonchev–Trinajstić information content (AvgIpc) is 2.16. The molecule has 1 amide bonds. The van der Waals surface area contributed by atoms with Crippen LogP contribution in [0.2, 0.25) is 0 Å². The van der Waals surface area contributed by atoms with Crippen LogP contribution in [-0.4, -0.2) is 17.1 Å². The van der Waals surface area contributed by atoms with Crippen molar-refractivity contribution in [2.75, 3.05) is 0 Å². The number of hydrogen-bond donors (Lipinski definition) is 2. The summed E-state index contributed by atoms with van der Waals surface area (Å²) in [5.74, 6) is -0.601. The van der Waals surface area contributed by atoms with Gasteiger partial charge in [-0.15, -0.1) is 0 Å². The van der Waals surface area contributed by atoms with Crippen molar-refractivity contribution in [3.8, 4) is 0 Å². The molecule has 0 radical (unpaired) electrons. The van der Waals surface area contributed by atoms with Crippen LogP contribution in [0.5, 0.6) is 0 Å². The van der Waals surface area contributed by atoms with Crippen molar-refractivity contribution < 1.29 is 9.90 Å². The summed E-state index contributed by atoms with van der Waals surface area (Å²) in [5.41, 5.74) is 4.93. The summed E-state index contributed by atoms with van der Waals surface area (Å²) in [6.07, 6.45) is 7.91. The van der Waals surface area contributed by atoms with Gasteiger partial charge in [-0.2, -0.15) is 0 Å². The molecular weight excluding hydrogens is 178 g/mol. The van der Waals surface area contributed by atoms with Crippen molar-refractivity contribution in [2.45, 2.75) is 64.4 Å². The summed E-state index contributed by atoms with van der Waals surface area (Å²) in [6.45, 7) is 2.20. The summed E-state index contributed by atoms with van der Waals surface area (Å²) < 4.78 is 0. The molecule has 0 saturated heterocycles. The highest BCUT2D eigenvalue weighted by Gasteiger charge is 2.08. The molecule has 0 saturated carbocycles. The number of unbranched alkanes of at least 4 members (excludes halogenated alkanes) is 6. The molecule has 3 heteroatoms. The van der Waals surface area contributed by atoms with E-state index in [2.05, 4.69) is 6.92 Å². The molecule has 0 heterocycles. The zero-order chi connectivity index (χ0) is 10.8. The van der Waals surface area contributed by atoms with Crippen molar-refractivity contribution in [1.29, 1.82) is 0 Å². The minimum Gasteiger partial charge on any atom is -0.383 e. The fourth-order valence-corrected chi connectivity index (χ4v) is 1.44. The first-order valence-electron chi connectivity index (χ1n) is 5.66. The maximum atomic E-state index is 10.5. The van der Waals surface area contributed by atoms with E-state index < -0.39 is 12.0 Å². The van der Waals surface area contributed by atoms with E-state index in [1.807, 2.05) is 0 Å². The molecule has 0 aromatic carbocycles. The lowest BCUT2D eigenvalue weighted by Crippen LogP contribution is -2.27. The van der Waals surface area contributed by atoms with Crippen molar-refractivity contribution >= 4 is 5.91 Å². The number of carbonyl (C=O) groups excluding carboxylic acids is 1. The van der Waals surface area contributed by atoms with E-state index in [-0.39, 0.29) is 0 Å². The van der Waals surface area contributed by atoms with Crippen LogP contribution in [-0.2, 0) is 4.79 Å². The van der Waals surface area contributed by atoms with Gasteiger partial charge >= 0.3 is 0 Å². The Balaban J connectivity index is 3.09. The van der Waals surface area contributed by atoms with Crippen molar-refractivity contribution in [3.05, 3.63) is 0 Å². The Bertz CT molecular complexity index is 148. The zero-order valence-electron chi connectivity index (χ0n) is 9.17. The van der Waals surface area contributed by atoms with Crippen molar-refractivity contribution in [1.82, 2.24) is 0 Å². The minimum atomic E-state index is -0.939. The number of rotatable bonds is 9. The number of carbonyl (C=O) groups is 1. The summed E-state index contributed by atoms with van der Waals surface area (Å²) in [4.78, 5) is 10.5. The second-order valence-electron chi connectivity index (χ2n) is 3.83. The van der Waals surface area contributed by atoms with Gasteiger partial charge in [0.2, 0.25) is 5.91 Å². The van der Waals surface area contributed by atoms with Gasteiger partial charge in [0.15, 0.2) is 0 Å². The molecule has 0 fully saturated rings. The first kappa shape index (κ1) is 13.4. The largest absolute Gasteiger partial charge is 0.383 e. The van der Waals surface area contributed by atoms with Crippen LogP contribution >= 0.6 is 0 Å². The predicted octanol–water partition coefficient (Wildman–Crippen LogP) is 1.97. The first-order valence-corrected chi connectivity index (χ1v) is 5.66. The molecule has 1 unspecified atom stereocenters. The van der Waals surface area contributed by atoms with Gasteiger partial charge in [-0.3, -0.25) is 4.79 Å². The lowest BCUT2D eigenvalue weighted by atomic mass is 10.1. The van der Waals surface area contributed by atoms with E-state index in [0.29, 0.717) is 6.42 Å². The Hall–Kier alpha value is -0.570. The highest BCUT2D eigenvalue weighted by molar-refractivity contribution is 5.78. The molecule has 0 aromatic rings. The normalized spacial score (nSPS) is 12.7. The Morgan fingerprint density at radius 3 is 2.14 bits per heavy atom. The van der Waals surface area contributed by atoms with E-state index >= 15 is 0 Å². The van der Waals surface area contributed by atoms with E-state index in [0.717, 1.165) is 12.8 Å². The molecule has 0 bridgehead atoms. The molecule has 0 aliphatic rings. The van der Waals surface area contributed by atoms with Gasteiger partial charge in [0.05, 0.1) is 0 Å². The lowest BCUT2D eigenvalue weighted by molar-refractivity contribution is -0.126. The molecule has 0 aliphatic heterocycles. The summed E-state index contributed by atoms with van der Waals surface area (Å²) >= 11 is 0. The maximum absolute atomic E-state index is 10.5. The van der Waals surface area contributed by atoms with Crippen LogP contribution in [0.1, 0.15) is 58.3 Å². The molecular formula is C11H23NO2. The number of nitrogens with two attached hydrogens (primary N) is 1. The molecule has 84 valence electrons. The van der Waals surface area contributed by atoms with Gasteiger partial charge in [0, 0.05) is 0 Å². The van der Waals surface area contributed by atoms with Gasteiger partial charge in [-0.25, -0.2) is 0 Å². The van der Waals surface area contributed by atoms with E-state index in [9.17, 15) is 4.79 Å². The number of aliphatic hydroxyl groups is 1. The van der Waals surface area contributed by atoms with Crippen LogP contribution in [0, 0.1) is 0 Å². The van der Waals surface area contributed by atoms with Gasteiger partial charge in [-0.05, 0) is 6.42 Å². The van der Waals surface area contributed by atoms with E-state index in [4.69, 9.17) is 10.8 Å². The molecule has 3 nitrogen and oxygen atoms in total. The SMILES string of the molecule is CCCCCCCCCC(O)C(N)=O. The van der Waals surface area contributed by atoms with Crippen LogP contribution in [0.4, 0.5) is 0 Å². The number of primary amides is 1. The second kappa shape index (κ2) is 9.00. The van der Waals surface area contributed by atoms with Crippen LogP contribution in [0.3, 0.4) is 0 Å². The number of hydrogen-bond acceptors (Lipinski definition) is 2. The van der Waals surface area contributed by atoms with Gasteiger partial charge < -0.3 is 10.8 Å². The standard InChI is InChI=1S/C11H23NO2/c1-2-3-4-5-6-7-8-9-10(13)11(12)14/h10,13H,2-9H2,1H3,(H2,12,14). The third kappa shape index (κ3) is 8.05. The van der Waals surface area contributed by atoms with Crippen LogP contribution in [0.15, 0.2) is 0 Å². The zero-order valence-corrected chi connectivity index (χ0v) is 9.17. The van der Waals surface area contributed by atoms with Crippen LogP contribution < -0.4 is 5.73 Å². The fraction of sp³-hybridized carbons (Fsp3) is 0.909. The smallest absolute Gasteiger partial charge is 0.246 e. The third-order valence-corrected chi connectivity index (χ3v) is 2.41. The van der Waals surface area contributed by atoms with Gasteiger partial charge in [0.25, 0.3) is 0 Å². The van der Waals surface area contributed by atoms with Gasteiger partial charge in [-0.1, -0.05) is 51.9 Å². The summed E-state index contributed by atoms with van der Waals surface area (Å²) in [7, 11) is 0. The molecule has 1 atom stereocenters. The highest BCUT2D eigenvalue weighted by Crippen LogP contribution is 2.09. The molecule has 14 heavy (non-hydrogen) atoms. The molecule has 0 rings (SSSR count). The monoisotopic (exact) mass is 201 g/mol. The second-order valence-corrected chi connectivity index (χ2v) is 3.83. The van der Waals surface area contributed by atoms with Crippen LogP contribution in [0.25, 0.3) is 0 Å². The number of amides is 1.